The number of rotatable bonds is 6. The minimum atomic E-state index is -0.684. The van der Waals surface area contributed by atoms with Crippen LogP contribution < -0.4 is 5.32 Å². The predicted octanol–water partition coefficient (Wildman–Crippen LogP) is 1.59. The van der Waals surface area contributed by atoms with E-state index in [0.29, 0.717) is 0 Å². The molecule has 2 N–H and O–H groups in total. The molecule has 1 aromatic rings. The Morgan fingerprint density at radius 3 is 2.94 bits per heavy atom. The minimum absolute atomic E-state index is 0.174. The third kappa shape index (κ3) is 5.44. The first-order valence-corrected chi connectivity index (χ1v) is 6.30. The summed E-state index contributed by atoms with van der Waals surface area (Å²) < 4.78 is 5.68. The molecule has 0 spiro atoms. The Labute approximate surface area is 115 Å². The maximum atomic E-state index is 11.5. The number of carbonyl (C=O) groups is 1. The van der Waals surface area contributed by atoms with Crippen LogP contribution in [-0.4, -0.2) is 37.4 Å². The summed E-state index contributed by atoms with van der Waals surface area (Å²) >= 11 is 3.39. The van der Waals surface area contributed by atoms with Crippen LogP contribution in [0.4, 0.5) is 0 Å². The summed E-state index contributed by atoms with van der Waals surface area (Å²) in [5.41, 5.74) is 0.921. The lowest BCUT2D eigenvalue weighted by molar-refractivity contribution is -0.117. The highest BCUT2D eigenvalue weighted by molar-refractivity contribution is 9.10. The van der Waals surface area contributed by atoms with Crippen molar-refractivity contribution in [3.05, 3.63) is 40.4 Å². The first-order chi connectivity index (χ1) is 8.63. The number of hydrogen-bond donors (Lipinski definition) is 2. The van der Waals surface area contributed by atoms with Gasteiger partial charge in [0.15, 0.2) is 0 Å². The lowest BCUT2D eigenvalue weighted by Gasteiger charge is -2.09. The van der Waals surface area contributed by atoms with E-state index in [-0.39, 0.29) is 19.1 Å². The average Bonchev–Trinajstić information content (AvgIpc) is 2.36. The lowest BCUT2D eigenvalue weighted by Crippen LogP contribution is -2.33. The van der Waals surface area contributed by atoms with Crippen molar-refractivity contribution in [1.29, 1.82) is 0 Å². The number of hydrogen-bond acceptors (Lipinski definition) is 3. The molecule has 0 bridgehead atoms. The van der Waals surface area contributed by atoms with E-state index in [2.05, 4.69) is 21.2 Å². The van der Waals surface area contributed by atoms with Crippen LogP contribution >= 0.6 is 15.9 Å². The molecule has 1 aromatic carbocycles. The fraction of sp³-hybridized carbons (Fsp3) is 0.308. The minimum Gasteiger partial charge on any atom is -0.389 e. The second kappa shape index (κ2) is 8.02. The normalized spacial score (nSPS) is 12.6. The molecule has 0 fully saturated rings. The van der Waals surface area contributed by atoms with Gasteiger partial charge in [0.2, 0.25) is 5.91 Å². The third-order valence-electron chi connectivity index (χ3n) is 2.19. The number of methoxy groups -OCH3 is 1. The summed E-state index contributed by atoms with van der Waals surface area (Å²) in [5.74, 6) is -0.249. The lowest BCUT2D eigenvalue weighted by atomic mass is 10.2. The van der Waals surface area contributed by atoms with Crippen LogP contribution in [0.2, 0.25) is 0 Å². The van der Waals surface area contributed by atoms with Crippen molar-refractivity contribution in [1.82, 2.24) is 5.32 Å². The molecule has 0 aromatic heterocycles. The van der Waals surface area contributed by atoms with Crippen LogP contribution in [0.5, 0.6) is 0 Å². The fourth-order valence-corrected chi connectivity index (χ4v) is 1.72. The Hall–Kier alpha value is -1.17. The van der Waals surface area contributed by atoms with E-state index in [1.54, 1.807) is 6.08 Å². The summed E-state index contributed by atoms with van der Waals surface area (Å²) in [7, 11) is 1.50. The van der Waals surface area contributed by atoms with E-state index in [4.69, 9.17) is 4.74 Å². The van der Waals surface area contributed by atoms with Gasteiger partial charge in [0.05, 0.1) is 12.7 Å². The molecule has 1 amide bonds. The van der Waals surface area contributed by atoms with Gasteiger partial charge in [-0.1, -0.05) is 34.1 Å². The van der Waals surface area contributed by atoms with E-state index in [0.717, 1.165) is 10.0 Å². The number of benzene rings is 1. The van der Waals surface area contributed by atoms with Gasteiger partial charge in [0.25, 0.3) is 0 Å². The first-order valence-electron chi connectivity index (χ1n) is 5.51. The summed E-state index contributed by atoms with van der Waals surface area (Å²) in [6.07, 6.45) is 2.46. The highest BCUT2D eigenvalue weighted by Crippen LogP contribution is 2.16. The number of halogens is 1. The van der Waals surface area contributed by atoms with Crippen molar-refractivity contribution >= 4 is 27.9 Å². The Kier molecular flexibility index (Phi) is 6.64. The predicted molar refractivity (Wildman–Crippen MR) is 74.1 cm³/mol. The van der Waals surface area contributed by atoms with Gasteiger partial charge in [-0.2, -0.15) is 0 Å². The molecule has 0 aliphatic rings. The molecule has 1 atom stereocenters. The van der Waals surface area contributed by atoms with Gasteiger partial charge in [0, 0.05) is 24.2 Å². The fourth-order valence-electron chi connectivity index (χ4n) is 1.30. The van der Waals surface area contributed by atoms with Crippen LogP contribution in [-0.2, 0) is 9.53 Å². The van der Waals surface area contributed by atoms with Crippen LogP contribution in [0, 0.1) is 0 Å². The number of aliphatic hydroxyl groups excluding tert-OH is 1. The molecule has 18 heavy (non-hydrogen) atoms. The molecule has 0 heterocycles. The number of ether oxygens (including phenoxy) is 1. The molecule has 0 aliphatic heterocycles. The van der Waals surface area contributed by atoms with Gasteiger partial charge in [-0.05, 0) is 17.7 Å². The van der Waals surface area contributed by atoms with Crippen LogP contribution in [0.25, 0.3) is 6.08 Å². The number of aliphatic hydroxyl groups is 1. The van der Waals surface area contributed by atoms with E-state index >= 15 is 0 Å². The SMILES string of the molecule is COCC(O)CNC(=O)/C=C/c1ccccc1Br. The van der Waals surface area contributed by atoms with Gasteiger partial charge in [0.1, 0.15) is 0 Å². The van der Waals surface area contributed by atoms with Crippen molar-refractivity contribution in [2.24, 2.45) is 0 Å². The van der Waals surface area contributed by atoms with Crippen molar-refractivity contribution in [3.63, 3.8) is 0 Å². The molecule has 1 unspecified atom stereocenters. The second-order valence-electron chi connectivity index (χ2n) is 3.71. The standard InChI is InChI=1S/C13H16BrNO3/c1-18-9-11(16)8-15-13(17)7-6-10-4-2-3-5-12(10)14/h2-7,11,16H,8-9H2,1H3,(H,15,17)/b7-6+. The second-order valence-corrected chi connectivity index (χ2v) is 4.56. The van der Waals surface area contributed by atoms with Gasteiger partial charge >= 0.3 is 0 Å². The van der Waals surface area contributed by atoms with Crippen molar-refractivity contribution in [2.75, 3.05) is 20.3 Å². The van der Waals surface area contributed by atoms with E-state index in [1.807, 2.05) is 24.3 Å². The Bertz CT molecular complexity index is 420. The summed E-state index contributed by atoms with van der Waals surface area (Å²) in [5, 5.41) is 11.9. The molecular weight excluding hydrogens is 298 g/mol. The molecule has 0 radical (unpaired) electrons. The quantitative estimate of drug-likeness (QED) is 0.784. The molecule has 98 valence electrons. The molecule has 4 nitrogen and oxygen atoms in total. The zero-order valence-electron chi connectivity index (χ0n) is 10.1. The Morgan fingerprint density at radius 1 is 1.56 bits per heavy atom. The Balaban J connectivity index is 2.43. The molecule has 0 aliphatic carbocycles. The molecule has 0 saturated carbocycles. The maximum Gasteiger partial charge on any atom is 0.244 e. The average molecular weight is 314 g/mol. The third-order valence-corrected chi connectivity index (χ3v) is 2.91. The number of nitrogens with one attached hydrogen (secondary N) is 1. The molecule has 0 saturated heterocycles. The largest absolute Gasteiger partial charge is 0.389 e. The molecule has 5 heteroatoms. The number of carbonyl (C=O) groups excluding carboxylic acids is 1. The first kappa shape index (κ1) is 14.9. The Morgan fingerprint density at radius 2 is 2.28 bits per heavy atom. The zero-order chi connectivity index (χ0) is 13.4. The van der Waals surface area contributed by atoms with Gasteiger partial charge in [-0.15, -0.1) is 0 Å². The summed E-state index contributed by atoms with van der Waals surface area (Å²) in [6.45, 7) is 0.376. The van der Waals surface area contributed by atoms with Gasteiger partial charge in [-0.25, -0.2) is 0 Å². The number of amides is 1. The van der Waals surface area contributed by atoms with E-state index < -0.39 is 6.10 Å². The monoisotopic (exact) mass is 313 g/mol. The van der Waals surface area contributed by atoms with Crippen molar-refractivity contribution < 1.29 is 14.6 Å². The zero-order valence-corrected chi connectivity index (χ0v) is 11.7. The van der Waals surface area contributed by atoms with E-state index in [9.17, 15) is 9.90 Å². The van der Waals surface area contributed by atoms with Gasteiger partial charge in [-0.3, -0.25) is 4.79 Å². The van der Waals surface area contributed by atoms with Crippen molar-refractivity contribution in [3.8, 4) is 0 Å². The van der Waals surface area contributed by atoms with Crippen molar-refractivity contribution in [2.45, 2.75) is 6.10 Å². The topological polar surface area (TPSA) is 58.6 Å². The summed E-state index contributed by atoms with van der Waals surface area (Å²) in [6, 6.07) is 7.60. The molecule has 1 rings (SSSR count). The maximum absolute atomic E-state index is 11.5. The van der Waals surface area contributed by atoms with Crippen LogP contribution in [0.15, 0.2) is 34.8 Å². The highest BCUT2D eigenvalue weighted by Gasteiger charge is 2.04. The highest BCUT2D eigenvalue weighted by atomic mass is 79.9. The van der Waals surface area contributed by atoms with E-state index in [1.165, 1.54) is 13.2 Å². The van der Waals surface area contributed by atoms with Gasteiger partial charge < -0.3 is 15.2 Å². The van der Waals surface area contributed by atoms with Crippen LogP contribution in [0.3, 0.4) is 0 Å². The van der Waals surface area contributed by atoms with Crippen LogP contribution in [0.1, 0.15) is 5.56 Å². The molecular formula is C13H16BrNO3. The smallest absolute Gasteiger partial charge is 0.244 e. The summed E-state index contributed by atoms with van der Waals surface area (Å²) in [4.78, 5) is 11.5.